The largest absolute Gasteiger partial charge is 0.394 e. The fraction of sp³-hybridized carbons (Fsp3) is 0.852. The first kappa shape index (κ1) is 66.2. The summed E-state index contributed by atoms with van der Waals surface area (Å²) in [6.45, 7) is 3.74. The lowest BCUT2D eigenvalue weighted by Gasteiger charge is -2.40. The van der Waals surface area contributed by atoms with Crippen molar-refractivity contribution >= 4 is 5.91 Å². The predicted molar refractivity (Wildman–Crippen MR) is 295 cm³/mol. The molecule has 1 saturated heterocycles. The molecule has 0 aliphatic carbocycles. The molecular formula is C61H113NO8. The van der Waals surface area contributed by atoms with Crippen LogP contribution in [0.25, 0.3) is 0 Å². The number of aliphatic hydroxyl groups excluding tert-OH is 5. The fourth-order valence-corrected chi connectivity index (χ4v) is 9.51. The predicted octanol–water partition coefficient (Wildman–Crippen LogP) is 14.9. The molecule has 9 nitrogen and oxygen atoms in total. The first-order chi connectivity index (χ1) is 34.3. The van der Waals surface area contributed by atoms with E-state index in [0.29, 0.717) is 12.8 Å². The van der Waals surface area contributed by atoms with E-state index in [2.05, 4.69) is 67.8 Å². The highest BCUT2D eigenvalue weighted by molar-refractivity contribution is 5.76. The third kappa shape index (κ3) is 39.7. The summed E-state index contributed by atoms with van der Waals surface area (Å²) >= 11 is 0. The van der Waals surface area contributed by atoms with Crippen molar-refractivity contribution in [3.8, 4) is 0 Å². The molecule has 7 unspecified atom stereocenters. The summed E-state index contributed by atoms with van der Waals surface area (Å²) in [4.78, 5) is 13.1. The quantitative estimate of drug-likeness (QED) is 0.0261. The van der Waals surface area contributed by atoms with Crippen LogP contribution in [0.2, 0.25) is 0 Å². The molecule has 1 fully saturated rings. The van der Waals surface area contributed by atoms with Crippen molar-refractivity contribution in [2.75, 3.05) is 13.2 Å². The van der Waals surface area contributed by atoms with Crippen LogP contribution in [-0.2, 0) is 14.3 Å². The molecule has 0 aromatic heterocycles. The molecule has 0 bridgehead atoms. The van der Waals surface area contributed by atoms with E-state index >= 15 is 0 Å². The van der Waals surface area contributed by atoms with Gasteiger partial charge in [0.1, 0.15) is 24.4 Å². The Labute approximate surface area is 431 Å². The van der Waals surface area contributed by atoms with Crippen LogP contribution in [0.1, 0.15) is 277 Å². The van der Waals surface area contributed by atoms with Crippen molar-refractivity contribution < 1.29 is 39.8 Å². The number of allylic oxidation sites excluding steroid dienone is 8. The van der Waals surface area contributed by atoms with Gasteiger partial charge >= 0.3 is 0 Å². The van der Waals surface area contributed by atoms with Crippen LogP contribution in [0.4, 0.5) is 0 Å². The van der Waals surface area contributed by atoms with Gasteiger partial charge in [0.25, 0.3) is 0 Å². The van der Waals surface area contributed by atoms with Crippen LogP contribution in [0.3, 0.4) is 0 Å². The molecule has 0 aromatic carbocycles. The van der Waals surface area contributed by atoms with Crippen molar-refractivity contribution in [3.63, 3.8) is 0 Å². The molecule has 7 atom stereocenters. The molecule has 70 heavy (non-hydrogen) atoms. The second-order valence-corrected chi connectivity index (χ2v) is 20.8. The maximum atomic E-state index is 13.1. The van der Waals surface area contributed by atoms with Crippen LogP contribution in [0.15, 0.2) is 48.6 Å². The molecule has 1 aliphatic rings. The van der Waals surface area contributed by atoms with Gasteiger partial charge in [-0.05, 0) is 51.4 Å². The van der Waals surface area contributed by atoms with Crippen molar-refractivity contribution in [3.05, 3.63) is 48.6 Å². The maximum absolute atomic E-state index is 13.1. The van der Waals surface area contributed by atoms with E-state index in [1.54, 1.807) is 0 Å². The van der Waals surface area contributed by atoms with Gasteiger partial charge in [-0.15, -0.1) is 0 Å². The minimum absolute atomic E-state index is 0.135. The van der Waals surface area contributed by atoms with Gasteiger partial charge in [0, 0.05) is 6.42 Å². The normalized spacial score (nSPS) is 19.7. The minimum Gasteiger partial charge on any atom is -0.394 e. The lowest BCUT2D eigenvalue weighted by molar-refractivity contribution is -0.302. The molecule has 1 rings (SSSR count). The lowest BCUT2D eigenvalue weighted by Crippen LogP contribution is -2.60. The number of hydrogen-bond acceptors (Lipinski definition) is 8. The number of amides is 1. The summed E-state index contributed by atoms with van der Waals surface area (Å²) in [6.07, 6.45) is 60.1. The van der Waals surface area contributed by atoms with E-state index in [1.807, 2.05) is 0 Å². The van der Waals surface area contributed by atoms with E-state index in [4.69, 9.17) is 9.47 Å². The number of aliphatic hydroxyl groups is 5. The van der Waals surface area contributed by atoms with Gasteiger partial charge < -0.3 is 40.3 Å². The zero-order valence-corrected chi connectivity index (χ0v) is 45.5. The zero-order chi connectivity index (χ0) is 50.8. The second kappa shape index (κ2) is 50.7. The summed E-state index contributed by atoms with van der Waals surface area (Å²) in [5.41, 5.74) is 0. The van der Waals surface area contributed by atoms with Crippen LogP contribution in [0, 0.1) is 0 Å². The summed E-state index contributed by atoms with van der Waals surface area (Å²) < 4.78 is 11.3. The molecule has 0 aromatic rings. The summed E-state index contributed by atoms with van der Waals surface area (Å²) in [6, 6.07) is -0.717. The first-order valence-corrected chi connectivity index (χ1v) is 29.8. The summed E-state index contributed by atoms with van der Waals surface area (Å²) in [5, 5.41) is 54.6. The Morgan fingerprint density at radius 3 is 1.31 bits per heavy atom. The van der Waals surface area contributed by atoms with Crippen molar-refractivity contribution in [1.82, 2.24) is 5.32 Å². The second-order valence-electron chi connectivity index (χ2n) is 20.8. The van der Waals surface area contributed by atoms with E-state index in [9.17, 15) is 30.3 Å². The smallest absolute Gasteiger partial charge is 0.220 e. The van der Waals surface area contributed by atoms with Gasteiger partial charge in [0.05, 0.1) is 25.4 Å². The monoisotopic (exact) mass is 988 g/mol. The van der Waals surface area contributed by atoms with Gasteiger partial charge in [-0.25, -0.2) is 0 Å². The summed E-state index contributed by atoms with van der Waals surface area (Å²) in [5.74, 6) is -0.141. The van der Waals surface area contributed by atoms with E-state index in [-0.39, 0.29) is 12.5 Å². The van der Waals surface area contributed by atoms with E-state index in [1.165, 1.54) is 186 Å². The van der Waals surface area contributed by atoms with Crippen LogP contribution in [0.5, 0.6) is 0 Å². The Hall–Kier alpha value is -1.85. The van der Waals surface area contributed by atoms with Crippen LogP contribution >= 0.6 is 0 Å². The van der Waals surface area contributed by atoms with Crippen molar-refractivity contribution in [2.24, 2.45) is 0 Å². The Morgan fingerprint density at radius 1 is 0.500 bits per heavy atom. The van der Waals surface area contributed by atoms with Gasteiger partial charge in [-0.3, -0.25) is 4.79 Å². The number of rotatable bonds is 51. The van der Waals surface area contributed by atoms with E-state index in [0.717, 1.165) is 64.2 Å². The number of ether oxygens (including phenoxy) is 2. The third-order valence-electron chi connectivity index (χ3n) is 14.2. The summed E-state index contributed by atoms with van der Waals surface area (Å²) in [7, 11) is 0. The topological polar surface area (TPSA) is 149 Å². The van der Waals surface area contributed by atoms with Crippen molar-refractivity contribution in [1.29, 1.82) is 0 Å². The Morgan fingerprint density at radius 2 is 0.886 bits per heavy atom. The molecule has 6 N–H and O–H groups in total. The molecule has 1 aliphatic heterocycles. The molecule has 1 heterocycles. The number of hydrogen-bond donors (Lipinski definition) is 6. The van der Waals surface area contributed by atoms with Gasteiger partial charge in [-0.2, -0.15) is 0 Å². The molecule has 0 spiro atoms. The Bertz CT molecular complexity index is 1240. The number of carbonyl (C=O) groups is 1. The molecule has 410 valence electrons. The third-order valence-corrected chi connectivity index (χ3v) is 14.2. The van der Waals surface area contributed by atoms with Gasteiger partial charge in [-0.1, -0.05) is 268 Å². The minimum atomic E-state index is -1.55. The fourth-order valence-electron chi connectivity index (χ4n) is 9.51. The maximum Gasteiger partial charge on any atom is 0.220 e. The molecular weight excluding hydrogens is 875 g/mol. The zero-order valence-electron chi connectivity index (χ0n) is 45.5. The molecule has 0 saturated carbocycles. The number of unbranched alkanes of at least 4 members (excludes halogenated alkanes) is 33. The van der Waals surface area contributed by atoms with E-state index < -0.39 is 49.5 Å². The Balaban J connectivity index is 2.10. The molecule has 9 heteroatoms. The molecule has 0 radical (unpaired) electrons. The highest BCUT2D eigenvalue weighted by Gasteiger charge is 2.44. The van der Waals surface area contributed by atoms with Gasteiger partial charge in [0.2, 0.25) is 5.91 Å². The first-order valence-electron chi connectivity index (χ1n) is 29.8. The van der Waals surface area contributed by atoms with Crippen molar-refractivity contribution in [2.45, 2.75) is 320 Å². The number of carbonyl (C=O) groups excluding carboxylic acids is 1. The van der Waals surface area contributed by atoms with Crippen LogP contribution in [-0.4, -0.2) is 87.5 Å². The average Bonchev–Trinajstić information content (AvgIpc) is 3.36. The average molecular weight is 989 g/mol. The Kier molecular flexibility index (Phi) is 47.9. The molecule has 1 amide bonds. The number of nitrogens with one attached hydrogen (secondary N) is 1. The highest BCUT2D eigenvalue weighted by atomic mass is 16.7. The highest BCUT2D eigenvalue weighted by Crippen LogP contribution is 2.23. The SMILES string of the molecule is CC/C=C\C/C=C\C/C=C\C/C=C\CCCCCCCCCCCCCCCCCCCCCCC(=O)NC(COC1OC(CO)C(O)C(O)C1O)C(O)CCCCCCCCCCCCCCCC. The van der Waals surface area contributed by atoms with Gasteiger partial charge in [0.15, 0.2) is 6.29 Å². The lowest BCUT2D eigenvalue weighted by atomic mass is 9.99. The van der Waals surface area contributed by atoms with Crippen LogP contribution < -0.4 is 5.32 Å². The standard InChI is InChI=1S/C61H113NO8/c1-3-5-7-9-11-13-15-17-19-20-21-22-23-24-25-26-27-28-29-30-31-32-33-34-35-36-37-39-41-43-45-47-49-51-57(65)62-54(53-69-61-60(68)59(67)58(66)56(52-63)70-61)55(64)50-48-46-44-42-40-38-18-16-14-12-10-8-6-4-2/h5,7,11,13,17,19,21-22,54-56,58-61,63-64,66-68H,3-4,6,8-10,12,14-16,18,20,23-53H2,1-2H3,(H,62,65)/b7-5-,13-11-,19-17-,22-21-.